The summed E-state index contributed by atoms with van der Waals surface area (Å²) in [6, 6.07) is 12.2. The molecule has 0 heterocycles. The maximum atomic E-state index is 12.6. The molecule has 0 bridgehead atoms. The molecule has 36 heavy (non-hydrogen) atoms. The summed E-state index contributed by atoms with van der Waals surface area (Å²) in [6.07, 6.45) is 0.228. The van der Waals surface area contributed by atoms with Crippen LogP contribution in [0.4, 0.5) is 4.79 Å². The Hall–Kier alpha value is -2.52. The minimum atomic E-state index is -0.987. The zero-order valence-corrected chi connectivity index (χ0v) is 22.2. The summed E-state index contributed by atoms with van der Waals surface area (Å²) in [6.45, 7) is 6.39. The second-order valence-corrected chi connectivity index (χ2v) is 8.90. The number of rotatable bonds is 16. The molecule has 1 atom stereocenters. The number of nitrogens with zero attached hydrogens (tertiary/aromatic N) is 1. The number of carboxylic acids is 1. The molecular formula is C26H34Cl2N2O6. The van der Waals surface area contributed by atoms with Crippen molar-refractivity contribution < 1.29 is 28.9 Å². The van der Waals surface area contributed by atoms with E-state index in [0.29, 0.717) is 61.9 Å². The van der Waals surface area contributed by atoms with E-state index in [4.69, 9.17) is 37.4 Å². The van der Waals surface area contributed by atoms with E-state index < -0.39 is 12.1 Å². The molecule has 2 amide bonds. The zero-order chi connectivity index (χ0) is 26.3. The van der Waals surface area contributed by atoms with Gasteiger partial charge in [0, 0.05) is 36.2 Å². The average molecular weight is 541 g/mol. The predicted molar refractivity (Wildman–Crippen MR) is 140 cm³/mol. The fraction of sp³-hybridized carbons (Fsp3) is 0.462. The molecule has 0 aliphatic heterocycles. The molecule has 0 saturated heterocycles. The summed E-state index contributed by atoms with van der Waals surface area (Å²) in [5.41, 5.74) is 1.69. The molecule has 2 aromatic carbocycles. The molecule has 0 radical (unpaired) electrons. The summed E-state index contributed by atoms with van der Waals surface area (Å²) in [5, 5.41) is 13.2. The molecule has 10 heteroatoms. The van der Waals surface area contributed by atoms with Gasteiger partial charge in [0.25, 0.3) is 0 Å². The van der Waals surface area contributed by atoms with Gasteiger partial charge in [0.1, 0.15) is 12.4 Å². The van der Waals surface area contributed by atoms with Gasteiger partial charge in [-0.15, -0.1) is 0 Å². The fourth-order valence-electron chi connectivity index (χ4n) is 3.35. The number of amides is 2. The lowest BCUT2D eigenvalue weighted by atomic mass is 10.1. The van der Waals surface area contributed by atoms with Crippen LogP contribution in [0.3, 0.4) is 0 Å². The maximum Gasteiger partial charge on any atom is 0.333 e. The van der Waals surface area contributed by atoms with E-state index in [-0.39, 0.29) is 12.5 Å². The van der Waals surface area contributed by atoms with E-state index in [1.54, 1.807) is 42.2 Å². The monoisotopic (exact) mass is 540 g/mol. The molecule has 198 valence electrons. The molecule has 0 aromatic heterocycles. The van der Waals surface area contributed by atoms with Crippen LogP contribution in [0.5, 0.6) is 5.75 Å². The molecule has 1 unspecified atom stereocenters. The highest BCUT2D eigenvalue weighted by Crippen LogP contribution is 2.19. The van der Waals surface area contributed by atoms with E-state index in [1.807, 2.05) is 19.1 Å². The molecule has 0 fully saturated rings. The molecule has 2 rings (SSSR count). The summed E-state index contributed by atoms with van der Waals surface area (Å²) in [4.78, 5) is 25.5. The number of carboxylic acid groups (broad SMARTS) is 1. The summed E-state index contributed by atoms with van der Waals surface area (Å²) < 4.78 is 16.8. The highest BCUT2D eigenvalue weighted by molar-refractivity contribution is 6.34. The second kappa shape index (κ2) is 16.3. The van der Waals surface area contributed by atoms with Crippen molar-refractivity contribution in [2.45, 2.75) is 39.4 Å². The number of aliphatic carboxylic acids is 1. The fourth-order valence-corrected chi connectivity index (χ4v) is 3.92. The van der Waals surface area contributed by atoms with Crippen LogP contribution in [-0.2, 0) is 27.3 Å². The second-order valence-electron chi connectivity index (χ2n) is 8.03. The lowest BCUT2D eigenvalue weighted by Crippen LogP contribution is -2.44. The zero-order valence-electron chi connectivity index (χ0n) is 20.7. The van der Waals surface area contributed by atoms with Crippen molar-refractivity contribution in [2.24, 2.45) is 0 Å². The van der Waals surface area contributed by atoms with Crippen LogP contribution in [0.25, 0.3) is 0 Å². The SMILES string of the molecule is CCCNC(=O)N(CCOCc1cc(Cl)cc(Cl)c1)CCOc1ccc(CC(OCC)C(=O)O)cc1. The Morgan fingerprint density at radius 3 is 2.28 bits per heavy atom. The number of halogens is 2. The number of carbonyl (C=O) groups is 2. The normalized spacial score (nSPS) is 11.7. The molecule has 0 aliphatic rings. The van der Waals surface area contributed by atoms with Crippen LogP contribution >= 0.6 is 23.2 Å². The Morgan fingerprint density at radius 1 is 1.00 bits per heavy atom. The van der Waals surface area contributed by atoms with Crippen molar-refractivity contribution in [3.05, 3.63) is 63.6 Å². The van der Waals surface area contributed by atoms with E-state index >= 15 is 0 Å². The van der Waals surface area contributed by atoms with Crippen molar-refractivity contribution in [1.29, 1.82) is 0 Å². The van der Waals surface area contributed by atoms with Crippen LogP contribution in [0, 0.1) is 0 Å². The Labute approximate surface area is 222 Å². The van der Waals surface area contributed by atoms with Crippen LogP contribution in [0.15, 0.2) is 42.5 Å². The van der Waals surface area contributed by atoms with Gasteiger partial charge in [0.2, 0.25) is 0 Å². The first-order chi connectivity index (χ1) is 17.3. The van der Waals surface area contributed by atoms with Crippen LogP contribution < -0.4 is 10.1 Å². The number of ether oxygens (including phenoxy) is 3. The van der Waals surface area contributed by atoms with Gasteiger partial charge in [-0.05, 0) is 54.8 Å². The Bertz CT molecular complexity index is 938. The number of benzene rings is 2. The lowest BCUT2D eigenvalue weighted by molar-refractivity contribution is -0.149. The molecule has 0 aliphatic carbocycles. The van der Waals surface area contributed by atoms with Gasteiger partial charge in [-0.2, -0.15) is 0 Å². The van der Waals surface area contributed by atoms with Gasteiger partial charge in [-0.3, -0.25) is 0 Å². The number of carbonyl (C=O) groups excluding carboxylic acids is 1. The smallest absolute Gasteiger partial charge is 0.333 e. The molecule has 8 nitrogen and oxygen atoms in total. The highest BCUT2D eigenvalue weighted by atomic mass is 35.5. The number of nitrogens with one attached hydrogen (secondary N) is 1. The molecule has 2 aromatic rings. The predicted octanol–water partition coefficient (Wildman–Crippen LogP) is 5.04. The van der Waals surface area contributed by atoms with Gasteiger partial charge in [-0.25, -0.2) is 9.59 Å². The Kier molecular flexibility index (Phi) is 13.4. The minimum absolute atomic E-state index is 0.180. The number of hydrogen-bond donors (Lipinski definition) is 2. The first-order valence-electron chi connectivity index (χ1n) is 11.9. The van der Waals surface area contributed by atoms with Crippen molar-refractivity contribution >= 4 is 35.2 Å². The molecule has 2 N–H and O–H groups in total. The van der Waals surface area contributed by atoms with Crippen molar-refractivity contribution in [1.82, 2.24) is 10.2 Å². The van der Waals surface area contributed by atoms with E-state index in [1.165, 1.54) is 0 Å². The van der Waals surface area contributed by atoms with Gasteiger partial charge in [0.05, 0.1) is 19.8 Å². The number of urea groups is 1. The van der Waals surface area contributed by atoms with Gasteiger partial charge < -0.3 is 29.5 Å². The maximum absolute atomic E-state index is 12.6. The third-order valence-electron chi connectivity index (χ3n) is 5.13. The first kappa shape index (κ1) is 29.7. The minimum Gasteiger partial charge on any atom is -0.492 e. The van der Waals surface area contributed by atoms with Crippen LogP contribution in [0.1, 0.15) is 31.4 Å². The summed E-state index contributed by atoms with van der Waals surface area (Å²) in [7, 11) is 0. The van der Waals surface area contributed by atoms with E-state index in [9.17, 15) is 14.7 Å². The standard InChI is InChI=1S/C26H34Cl2N2O6/c1-3-9-29-26(33)30(10-12-34-18-20-14-21(27)17-22(28)15-20)11-13-36-23-7-5-19(6-8-23)16-24(25(31)32)35-4-2/h5-8,14-15,17,24H,3-4,9-13,16,18H2,1-2H3,(H,29,33)(H,31,32). The highest BCUT2D eigenvalue weighted by Gasteiger charge is 2.18. The largest absolute Gasteiger partial charge is 0.492 e. The quantitative estimate of drug-likeness (QED) is 0.289. The van der Waals surface area contributed by atoms with Gasteiger partial charge in [0.15, 0.2) is 6.10 Å². The van der Waals surface area contributed by atoms with E-state index in [0.717, 1.165) is 17.5 Å². The summed E-state index contributed by atoms with van der Waals surface area (Å²) in [5.74, 6) is -0.357. The van der Waals surface area contributed by atoms with Crippen molar-refractivity contribution in [3.63, 3.8) is 0 Å². The van der Waals surface area contributed by atoms with Crippen molar-refractivity contribution in [2.75, 3.05) is 39.5 Å². The Morgan fingerprint density at radius 2 is 1.67 bits per heavy atom. The first-order valence-corrected chi connectivity index (χ1v) is 12.7. The molecular weight excluding hydrogens is 507 g/mol. The van der Waals surface area contributed by atoms with Crippen molar-refractivity contribution in [3.8, 4) is 5.75 Å². The third-order valence-corrected chi connectivity index (χ3v) is 5.56. The van der Waals surface area contributed by atoms with Gasteiger partial charge in [-0.1, -0.05) is 42.3 Å². The molecule has 0 saturated carbocycles. The average Bonchev–Trinajstić information content (AvgIpc) is 2.84. The van der Waals surface area contributed by atoms with Gasteiger partial charge >= 0.3 is 12.0 Å². The Balaban J connectivity index is 1.84. The van der Waals surface area contributed by atoms with Crippen LogP contribution in [-0.4, -0.2) is 67.6 Å². The third kappa shape index (κ3) is 11.0. The summed E-state index contributed by atoms with van der Waals surface area (Å²) >= 11 is 12.0. The topological polar surface area (TPSA) is 97.3 Å². The lowest BCUT2D eigenvalue weighted by Gasteiger charge is -2.23. The van der Waals surface area contributed by atoms with Crippen LogP contribution in [0.2, 0.25) is 10.0 Å². The molecule has 0 spiro atoms. The number of hydrogen-bond acceptors (Lipinski definition) is 5. The van der Waals surface area contributed by atoms with E-state index in [2.05, 4.69) is 5.32 Å².